The van der Waals surface area contributed by atoms with Crippen molar-refractivity contribution in [3.8, 4) is 11.4 Å². The van der Waals surface area contributed by atoms with Crippen LogP contribution in [0.1, 0.15) is 24.8 Å². The van der Waals surface area contributed by atoms with Gasteiger partial charge in [-0.05, 0) is 18.1 Å². The van der Waals surface area contributed by atoms with E-state index in [1.165, 1.54) is 16.1 Å². The van der Waals surface area contributed by atoms with Crippen LogP contribution < -0.4 is 5.32 Å². The number of tetrazole rings is 1. The molecule has 1 N–H and O–H groups in total. The third kappa shape index (κ3) is 3.48. The fraction of sp³-hybridized carbons (Fsp3) is 0.312. The molecule has 0 aliphatic heterocycles. The van der Waals surface area contributed by atoms with Gasteiger partial charge in [-0.15, -0.1) is 21.5 Å². The molecule has 1 atom stereocenters. The normalized spacial score (nSPS) is 12.3. The summed E-state index contributed by atoms with van der Waals surface area (Å²) in [5.41, 5.74) is 0.863. The van der Waals surface area contributed by atoms with E-state index < -0.39 is 6.04 Å². The largest absolute Gasteiger partial charge is 0.300 e. The first kappa shape index (κ1) is 16.3. The number of amides is 1. The molecule has 8 heteroatoms. The monoisotopic (exact) mass is 342 g/mol. The summed E-state index contributed by atoms with van der Waals surface area (Å²) in [6.07, 6.45) is 1.73. The Balaban J connectivity index is 1.83. The maximum Gasteiger partial charge on any atom is 0.253 e. The van der Waals surface area contributed by atoms with Crippen molar-refractivity contribution in [3.63, 3.8) is 0 Å². The van der Waals surface area contributed by atoms with Gasteiger partial charge in [0.1, 0.15) is 0 Å². The van der Waals surface area contributed by atoms with Crippen LogP contribution in [0.3, 0.4) is 0 Å². The van der Waals surface area contributed by atoms with E-state index in [4.69, 9.17) is 0 Å². The van der Waals surface area contributed by atoms with Crippen molar-refractivity contribution < 1.29 is 4.79 Å². The van der Waals surface area contributed by atoms with Crippen molar-refractivity contribution in [2.75, 3.05) is 5.32 Å². The van der Waals surface area contributed by atoms with Crippen molar-refractivity contribution in [3.05, 3.63) is 41.4 Å². The summed E-state index contributed by atoms with van der Waals surface area (Å²) in [7, 11) is 0. The summed E-state index contributed by atoms with van der Waals surface area (Å²) in [4.78, 5) is 19.2. The minimum Gasteiger partial charge on any atom is -0.300 e. The molecule has 2 aromatic heterocycles. The lowest BCUT2D eigenvalue weighted by Gasteiger charge is -2.17. The number of carbonyl (C=O) groups excluding carboxylic acids is 1. The van der Waals surface area contributed by atoms with Gasteiger partial charge in [-0.1, -0.05) is 44.2 Å². The number of carbonyl (C=O) groups is 1. The molecule has 1 amide bonds. The summed E-state index contributed by atoms with van der Waals surface area (Å²) in [5, 5.41) is 15.9. The van der Waals surface area contributed by atoms with E-state index in [1.54, 1.807) is 6.20 Å². The van der Waals surface area contributed by atoms with E-state index in [1.807, 2.05) is 51.1 Å². The van der Waals surface area contributed by atoms with Crippen LogP contribution in [0.5, 0.6) is 0 Å². The van der Waals surface area contributed by atoms with Crippen LogP contribution in [0.2, 0.25) is 0 Å². The van der Waals surface area contributed by atoms with Gasteiger partial charge in [-0.3, -0.25) is 4.79 Å². The molecule has 7 nitrogen and oxygen atoms in total. The number of nitrogens with zero attached hydrogens (tertiary/aromatic N) is 5. The highest BCUT2D eigenvalue weighted by atomic mass is 32.1. The zero-order valence-electron chi connectivity index (χ0n) is 13.7. The minimum atomic E-state index is -0.556. The van der Waals surface area contributed by atoms with Gasteiger partial charge in [0, 0.05) is 16.6 Å². The number of anilines is 1. The van der Waals surface area contributed by atoms with Crippen LogP contribution in [-0.4, -0.2) is 31.1 Å². The van der Waals surface area contributed by atoms with Crippen molar-refractivity contribution in [2.24, 2.45) is 5.92 Å². The van der Waals surface area contributed by atoms with Gasteiger partial charge in [0.15, 0.2) is 11.2 Å². The van der Waals surface area contributed by atoms with Crippen LogP contribution >= 0.6 is 11.3 Å². The number of aromatic nitrogens is 5. The molecular formula is C16H18N6OS. The molecule has 0 aliphatic rings. The number of nitrogens with one attached hydrogen (secondary N) is 1. The standard InChI is InChI=1S/C16H18N6OS/c1-10(2)13(15(23)18-16-17-9-11(3)24-16)22-20-14(19-21-22)12-7-5-4-6-8-12/h4-10,13H,1-3H3,(H,17,18,23). The summed E-state index contributed by atoms with van der Waals surface area (Å²) in [6, 6.07) is 9.00. The van der Waals surface area contributed by atoms with Gasteiger partial charge >= 0.3 is 0 Å². The summed E-state index contributed by atoms with van der Waals surface area (Å²) >= 11 is 1.43. The quantitative estimate of drug-likeness (QED) is 0.770. The summed E-state index contributed by atoms with van der Waals surface area (Å²) in [6.45, 7) is 5.84. The average molecular weight is 342 g/mol. The lowest BCUT2D eigenvalue weighted by atomic mass is 10.0. The van der Waals surface area contributed by atoms with Crippen LogP contribution in [0, 0.1) is 12.8 Å². The van der Waals surface area contributed by atoms with Crippen LogP contribution in [0.15, 0.2) is 36.5 Å². The molecule has 124 valence electrons. The molecule has 0 bridgehead atoms. The Morgan fingerprint density at radius 1 is 1.25 bits per heavy atom. The maximum absolute atomic E-state index is 12.6. The molecule has 0 spiro atoms. The zero-order valence-corrected chi connectivity index (χ0v) is 14.5. The Morgan fingerprint density at radius 3 is 2.62 bits per heavy atom. The Labute approximate surface area is 143 Å². The van der Waals surface area contributed by atoms with E-state index in [-0.39, 0.29) is 11.8 Å². The van der Waals surface area contributed by atoms with Crippen LogP contribution in [-0.2, 0) is 4.79 Å². The molecule has 1 aromatic carbocycles. The molecule has 0 radical (unpaired) electrons. The molecule has 0 saturated carbocycles. The first-order valence-corrected chi connectivity index (χ1v) is 8.44. The van der Waals surface area contributed by atoms with Gasteiger partial charge in [0.25, 0.3) is 5.91 Å². The lowest BCUT2D eigenvalue weighted by molar-refractivity contribution is -0.121. The number of benzene rings is 1. The highest BCUT2D eigenvalue weighted by Crippen LogP contribution is 2.22. The second-order valence-corrected chi connectivity index (χ2v) is 6.99. The number of hydrogen-bond donors (Lipinski definition) is 1. The second kappa shape index (κ2) is 6.88. The molecular weight excluding hydrogens is 324 g/mol. The van der Waals surface area contributed by atoms with E-state index in [0.717, 1.165) is 10.4 Å². The SMILES string of the molecule is Cc1cnc(NC(=O)C(C(C)C)n2nnc(-c3ccccc3)n2)s1. The van der Waals surface area contributed by atoms with Crippen molar-refractivity contribution in [1.82, 2.24) is 25.2 Å². The summed E-state index contributed by atoms with van der Waals surface area (Å²) in [5.74, 6) is 0.305. The third-order valence-corrected chi connectivity index (χ3v) is 4.29. The van der Waals surface area contributed by atoms with E-state index in [0.29, 0.717) is 11.0 Å². The smallest absolute Gasteiger partial charge is 0.253 e. The first-order chi connectivity index (χ1) is 11.5. The van der Waals surface area contributed by atoms with E-state index in [2.05, 4.69) is 25.7 Å². The molecule has 3 aromatic rings. The van der Waals surface area contributed by atoms with Crippen LogP contribution in [0.4, 0.5) is 5.13 Å². The molecule has 2 heterocycles. The van der Waals surface area contributed by atoms with Gasteiger partial charge in [-0.2, -0.15) is 4.80 Å². The predicted octanol–water partition coefficient (Wildman–Crippen LogP) is 2.94. The fourth-order valence-electron chi connectivity index (χ4n) is 2.31. The van der Waals surface area contributed by atoms with Crippen molar-refractivity contribution >= 4 is 22.4 Å². The lowest BCUT2D eigenvalue weighted by Crippen LogP contribution is -2.31. The number of aryl methyl sites for hydroxylation is 1. The Hall–Kier alpha value is -2.61. The Morgan fingerprint density at radius 2 is 2.00 bits per heavy atom. The Kier molecular flexibility index (Phi) is 4.66. The fourth-order valence-corrected chi connectivity index (χ4v) is 2.98. The first-order valence-electron chi connectivity index (χ1n) is 7.63. The van der Waals surface area contributed by atoms with Gasteiger partial charge in [0.05, 0.1) is 0 Å². The maximum atomic E-state index is 12.6. The Bertz CT molecular complexity index is 826. The molecule has 0 saturated heterocycles. The van der Waals surface area contributed by atoms with Crippen molar-refractivity contribution in [2.45, 2.75) is 26.8 Å². The number of hydrogen-bond acceptors (Lipinski definition) is 6. The van der Waals surface area contributed by atoms with E-state index in [9.17, 15) is 4.79 Å². The molecule has 0 aliphatic carbocycles. The van der Waals surface area contributed by atoms with E-state index >= 15 is 0 Å². The van der Waals surface area contributed by atoms with Gasteiger partial charge in [0.2, 0.25) is 5.82 Å². The molecule has 0 fully saturated rings. The van der Waals surface area contributed by atoms with Crippen LogP contribution in [0.25, 0.3) is 11.4 Å². The predicted molar refractivity (Wildman–Crippen MR) is 92.6 cm³/mol. The number of rotatable bonds is 5. The second-order valence-electron chi connectivity index (χ2n) is 5.75. The zero-order chi connectivity index (χ0) is 17.1. The molecule has 1 unspecified atom stereocenters. The molecule has 24 heavy (non-hydrogen) atoms. The van der Waals surface area contributed by atoms with Crippen molar-refractivity contribution in [1.29, 1.82) is 0 Å². The summed E-state index contributed by atoms with van der Waals surface area (Å²) < 4.78 is 0. The highest BCUT2D eigenvalue weighted by molar-refractivity contribution is 7.15. The topological polar surface area (TPSA) is 85.6 Å². The average Bonchev–Trinajstić information content (AvgIpc) is 3.17. The number of thiazole rings is 1. The third-order valence-electron chi connectivity index (χ3n) is 3.46. The highest BCUT2D eigenvalue weighted by Gasteiger charge is 2.27. The molecule has 3 rings (SSSR count). The van der Waals surface area contributed by atoms with Gasteiger partial charge < -0.3 is 5.32 Å². The van der Waals surface area contributed by atoms with Gasteiger partial charge in [-0.25, -0.2) is 4.98 Å². The minimum absolute atomic E-state index is 0.00359.